The number of nitrogens with zero attached hydrogens (tertiary/aromatic N) is 5. The Labute approximate surface area is 119 Å². The number of nitrogens with one attached hydrogen (secondary N) is 1. The maximum atomic E-state index is 11.0. The zero-order chi connectivity index (χ0) is 16.0. The van der Waals surface area contributed by atoms with Gasteiger partial charge in [-0.05, 0) is 18.5 Å². The molecule has 0 unspecified atom stereocenters. The SMILES string of the molecule is C[C@@H](N=[N+]=[N-])[C@@H](C)NCc1ccc([N+](=O)[O-])cc1[N+](=O)[O-]. The molecule has 2 atom stereocenters. The third-order valence-corrected chi connectivity index (χ3v) is 3.05. The summed E-state index contributed by atoms with van der Waals surface area (Å²) in [4.78, 5) is 22.9. The van der Waals surface area contributed by atoms with E-state index in [-0.39, 0.29) is 30.0 Å². The molecule has 0 spiro atoms. The van der Waals surface area contributed by atoms with Crippen LogP contribution in [0.4, 0.5) is 11.4 Å². The number of azide groups is 1. The van der Waals surface area contributed by atoms with E-state index in [1.54, 1.807) is 13.8 Å². The molecule has 0 saturated heterocycles. The van der Waals surface area contributed by atoms with Gasteiger partial charge in [-0.2, -0.15) is 0 Å². The fourth-order valence-corrected chi connectivity index (χ4v) is 1.61. The molecule has 0 radical (unpaired) electrons. The molecule has 1 aromatic rings. The minimum atomic E-state index is -0.684. The lowest BCUT2D eigenvalue weighted by molar-refractivity contribution is -0.394. The Kier molecular flexibility index (Phi) is 5.58. The normalized spacial score (nSPS) is 13.0. The largest absolute Gasteiger partial charge is 0.310 e. The molecule has 0 heterocycles. The third-order valence-electron chi connectivity index (χ3n) is 3.05. The molecular weight excluding hydrogens is 280 g/mol. The molecule has 1 rings (SSSR count). The standard InChI is InChI=1S/C11H14N6O4/c1-7(8(2)14-15-12)13-6-9-3-4-10(16(18)19)5-11(9)17(20)21/h3-5,7-8,13H,6H2,1-2H3/t7-,8-/m1/s1. The van der Waals surface area contributed by atoms with Gasteiger partial charge in [-0.3, -0.25) is 20.2 Å². The van der Waals surface area contributed by atoms with Gasteiger partial charge in [0.1, 0.15) is 0 Å². The first-order chi connectivity index (χ1) is 9.86. The number of non-ortho nitro benzene ring substituents is 1. The lowest BCUT2D eigenvalue weighted by Gasteiger charge is -2.16. The summed E-state index contributed by atoms with van der Waals surface area (Å²) in [5.41, 5.74) is 8.02. The van der Waals surface area contributed by atoms with Gasteiger partial charge in [0.15, 0.2) is 0 Å². The van der Waals surface area contributed by atoms with E-state index in [1.807, 2.05) is 0 Å². The molecule has 0 fully saturated rings. The maximum absolute atomic E-state index is 11.0. The Morgan fingerprint density at radius 3 is 2.52 bits per heavy atom. The van der Waals surface area contributed by atoms with Gasteiger partial charge in [-0.25, -0.2) is 0 Å². The van der Waals surface area contributed by atoms with Crippen molar-refractivity contribution >= 4 is 11.4 Å². The van der Waals surface area contributed by atoms with E-state index in [1.165, 1.54) is 12.1 Å². The minimum Gasteiger partial charge on any atom is -0.310 e. The molecule has 10 heteroatoms. The van der Waals surface area contributed by atoms with E-state index in [9.17, 15) is 20.2 Å². The topological polar surface area (TPSA) is 147 Å². The monoisotopic (exact) mass is 294 g/mol. The van der Waals surface area contributed by atoms with Crippen LogP contribution in [0.25, 0.3) is 10.4 Å². The highest BCUT2D eigenvalue weighted by atomic mass is 16.6. The molecule has 0 aliphatic heterocycles. The Balaban J connectivity index is 2.90. The highest BCUT2D eigenvalue weighted by molar-refractivity contribution is 5.49. The van der Waals surface area contributed by atoms with Crippen LogP contribution in [0.1, 0.15) is 19.4 Å². The molecule has 112 valence electrons. The van der Waals surface area contributed by atoms with Gasteiger partial charge in [-0.15, -0.1) is 0 Å². The van der Waals surface area contributed by atoms with Crippen LogP contribution in [0.5, 0.6) is 0 Å². The van der Waals surface area contributed by atoms with E-state index < -0.39 is 9.85 Å². The first kappa shape index (κ1) is 16.3. The lowest BCUT2D eigenvalue weighted by atomic mass is 10.1. The molecule has 10 nitrogen and oxygen atoms in total. The molecule has 0 bridgehead atoms. The summed E-state index contributed by atoms with van der Waals surface area (Å²) in [6.07, 6.45) is 0. The Hall–Kier alpha value is -2.71. The van der Waals surface area contributed by atoms with Crippen molar-refractivity contribution in [3.63, 3.8) is 0 Å². The quantitative estimate of drug-likeness (QED) is 0.270. The molecule has 0 aliphatic rings. The van der Waals surface area contributed by atoms with Crippen LogP contribution < -0.4 is 5.32 Å². The Morgan fingerprint density at radius 1 is 1.33 bits per heavy atom. The van der Waals surface area contributed by atoms with Gasteiger partial charge in [0.2, 0.25) is 0 Å². The molecular formula is C11H14N6O4. The predicted octanol–water partition coefficient (Wildman–Crippen LogP) is 2.68. The molecule has 0 aromatic heterocycles. The van der Waals surface area contributed by atoms with Crippen molar-refractivity contribution in [3.05, 3.63) is 54.4 Å². The Morgan fingerprint density at radius 2 is 2.00 bits per heavy atom. The lowest BCUT2D eigenvalue weighted by Crippen LogP contribution is -2.34. The van der Waals surface area contributed by atoms with Crippen LogP contribution in [-0.4, -0.2) is 21.9 Å². The zero-order valence-electron chi connectivity index (χ0n) is 11.5. The number of hydrogen-bond acceptors (Lipinski definition) is 6. The highest BCUT2D eigenvalue weighted by Gasteiger charge is 2.20. The van der Waals surface area contributed by atoms with Crippen LogP contribution >= 0.6 is 0 Å². The maximum Gasteiger partial charge on any atom is 0.280 e. The first-order valence-electron chi connectivity index (χ1n) is 6.06. The highest BCUT2D eigenvalue weighted by Crippen LogP contribution is 2.24. The number of nitro benzene ring substituents is 2. The van der Waals surface area contributed by atoms with E-state index >= 15 is 0 Å². The number of benzene rings is 1. The van der Waals surface area contributed by atoms with Crippen molar-refractivity contribution in [2.45, 2.75) is 32.5 Å². The third kappa shape index (κ3) is 4.41. The molecule has 1 aromatic carbocycles. The smallest absolute Gasteiger partial charge is 0.280 e. The van der Waals surface area contributed by atoms with Crippen LogP contribution in [0.2, 0.25) is 0 Å². The van der Waals surface area contributed by atoms with Gasteiger partial charge in [0, 0.05) is 35.2 Å². The second kappa shape index (κ2) is 7.17. The summed E-state index contributed by atoms with van der Waals surface area (Å²) < 4.78 is 0. The van der Waals surface area contributed by atoms with Gasteiger partial charge >= 0.3 is 0 Å². The summed E-state index contributed by atoms with van der Waals surface area (Å²) in [6, 6.07) is 2.96. The molecule has 1 N–H and O–H groups in total. The van der Waals surface area contributed by atoms with Crippen LogP contribution in [-0.2, 0) is 6.54 Å². The molecule has 0 amide bonds. The Bertz CT molecular complexity index is 598. The second-order valence-electron chi connectivity index (χ2n) is 4.44. The van der Waals surface area contributed by atoms with Crippen molar-refractivity contribution < 1.29 is 9.85 Å². The van der Waals surface area contributed by atoms with Crippen molar-refractivity contribution in [1.82, 2.24) is 5.32 Å². The van der Waals surface area contributed by atoms with E-state index in [0.29, 0.717) is 5.56 Å². The van der Waals surface area contributed by atoms with Gasteiger partial charge < -0.3 is 5.32 Å². The van der Waals surface area contributed by atoms with Crippen molar-refractivity contribution in [2.24, 2.45) is 5.11 Å². The summed E-state index contributed by atoms with van der Waals surface area (Å²) >= 11 is 0. The average Bonchev–Trinajstić information content (AvgIpc) is 2.44. The van der Waals surface area contributed by atoms with Gasteiger partial charge in [0.05, 0.1) is 15.9 Å². The van der Waals surface area contributed by atoms with Crippen molar-refractivity contribution in [3.8, 4) is 0 Å². The van der Waals surface area contributed by atoms with Crippen LogP contribution in [0, 0.1) is 20.2 Å². The van der Waals surface area contributed by atoms with E-state index in [0.717, 1.165) is 6.07 Å². The number of hydrogen-bond donors (Lipinski definition) is 1. The van der Waals surface area contributed by atoms with Gasteiger partial charge in [-0.1, -0.05) is 12.0 Å². The van der Waals surface area contributed by atoms with E-state index in [2.05, 4.69) is 15.3 Å². The second-order valence-corrected chi connectivity index (χ2v) is 4.44. The van der Waals surface area contributed by atoms with E-state index in [4.69, 9.17) is 5.53 Å². The van der Waals surface area contributed by atoms with Crippen LogP contribution in [0.15, 0.2) is 23.3 Å². The fourth-order valence-electron chi connectivity index (χ4n) is 1.61. The van der Waals surface area contributed by atoms with Crippen molar-refractivity contribution in [1.29, 1.82) is 0 Å². The fraction of sp³-hybridized carbons (Fsp3) is 0.455. The summed E-state index contributed by atoms with van der Waals surface area (Å²) in [5.74, 6) is 0. The average molecular weight is 294 g/mol. The summed E-state index contributed by atoms with van der Waals surface area (Å²) in [7, 11) is 0. The molecule has 0 aliphatic carbocycles. The number of rotatable bonds is 7. The predicted molar refractivity (Wildman–Crippen MR) is 74.7 cm³/mol. The summed E-state index contributed by atoms with van der Waals surface area (Å²) in [5, 5.41) is 28.1. The molecule has 0 saturated carbocycles. The van der Waals surface area contributed by atoms with Crippen molar-refractivity contribution in [2.75, 3.05) is 0 Å². The number of nitro groups is 2. The minimum absolute atomic E-state index is 0.140. The molecule has 21 heavy (non-hydrogen) atoms. The van der Waals surface area contributed by atoms with Gasteiger partial charge in [0.25, 0.3) is 11.4 Å². The summed E-state index contributed by atoms with van der Waals surface area (Å²) in [6.45, 7) is 3.62. The van der Waals surface area contributed by atoms with Crippen LogP contribution in [0.3, 0.4) is 0 Å². The zero-order valence-corrected chi connectivity index (χ0v) is 11.5. The first-order valence-corrected chi connectivity index (χ1v) is 6.06.